The van der Waals surface area contributed by atoms with E-state index in [1.165, 1.54) is 26.1 Å². The highest BCUT2D eigenvalue weighted by Gasteiger charge is 2.25. The monoisotopic (exact) mass is 283 g/mol. The van der Waals surface area contributed by atoms with Crippen molar-refractivity contribution in [1.82, 2.24) is 14.9 Å². The summed E-state index contributed by atoms with van der Waals surface area (Å²) < 4.78 is 4.76. The van der Waals surface area contributed by atoms with Crippen LogP contribution in [0.1, 0.15) is 31.4 Å². The molecule has 1 aliphatic carbocycles. The van der Waals surface area contributed by atoms with Crippen LogP contribution in [-0.4, -0.2) is 40.5 Å². The van der Waals surface area contributed by atoms with Crippen LogP contribution < -0.4 is 0 Å². The van der Waals surface area contributed by atoms with Gasteiger partial charge in [0.2, 0.25) is 0 Å². The third kappa shape index (κ3) is 4.14. The van der Waals surface area contributed by atoms with Crippen LogP contribution in [0.25, 0.3) is 0 Å². The lowest BCUT2D eigenvalue weighted by atomic mass is 10.2. The quantitative estimate of drug-likeness (QED) is 0.774. The lowest BCUT2D eigenvalue weighted by Crippen LogP contribution is -2.37. The second kappa shape index (κ2) is 6.82. The molecule has 1 heterocycles. The van der Waals surface area contributed by atoms with E-state index in [1.54, 1.807) is 6.20 Å². The molecule has 1 fully saturated rings. The molecule has 5 nitrogen and oxygen atoms in total. The summed E-state index contributed by atoms with van der Waals surface area (Å²) in [5, 5.41) is 0.379. The number of ether oxygens (including phenoxy) is 1. The molecular formula is C13H18ClN3O2. The van der Waals surface area contributed by atoms with Crippen LogP contribution in [0.5, 0.6) is 0 Å². The van der Waals surface area contributed by atoms with Crippen molar-refractivity contribution in [1.29, 1.82) is 0 Å². The van der Waals surface area contributed by atoms with Crippen LogP contribution >= 0.6 is 11.6 Å². The van der Waals surface area contributed by atoms with E-state index in [2.05, 4.69) is 14.9 Å². The van der Waals surface area contributed by atoms with E-state index in [4.69, 9.17) is 16.3 Å². The molecular weight excluding hydrogens is 266 g/mol. The molecule has 0 aliphatic heterocycles. The van der Waals surface area contributed by atoms with Crippen LogP contribution in [0.2, 0.25) is 5.15 Å². The van der Waals surface area contributed by atoms with Gasteiger partial charge in [-0.05, 0) is 12.8 Å². The van der Waals surface area contributed by atoms with Gasteiger partial charge >= 0.3 is 5.97 Å². The minimum Gasteiger partial charge on any atom is -0.468 e. The minimum absolute atomic E-state index is 0.214. The Bertz CT molecular complexity index is 418. The molecule has 6 heteroatoms. The maximum atomic E-state index is 11.5. The number of carbonyl (C=O) groups is 1. The predicted molar refractivity (Wildman–Crippen MR) is 71.7 cm³/mol. The number of carbonyl (C=O) groups excluding carboxylic acids is 1. The third-order valence-corrected chi connectivity index (χ3v) is 3.64. The molecule has 0 saturated heterocycles. The van der Waals surface area contributed by atoms with E-state index in [0.717, 1.165) is 18.5 Å². The molecule has 0 radical (unpaired) electrons. The molecule has 0 N–H and O–H groups in total. The maximum Gasteiger partial charge on any atom is 0.319 e. The van der Waals surface area contributed by atoms with Crippen LogP contribution in [0.15, 0.2) is 12.4 Å². The van der Waals surface area contributed by atoms with Gasteiger partial charge in [0.25, 0.3) is 0 Å². The average Bonchev–Trinajstić information content (AvgIpc) is 2.94. The average molecular weight is 284 g/mol. The summed E-state index contributed by atoms with van der Waals surface area (Å²) in [7, 11) is 1.41. The second-order valence-electron chi connectivity index (χ2n) is 4.75. The van der Waals surface area contributed by atoms with Gasteiger partial charge < -0.3 is 4.74 Å². The Morgan fingerprint density at radius 1 is 1.42 bits per heavy atom. The van der Waals surface area contributed by atoms with Crippen molar-refractivity contribution >= 4 is 17.6 Å². The lowest BCUT2D eigenvalue weighted by Gasteiger charge is -2.27. The van der Waals surface area contributed by atoms with Gasteiger partial charge in [-0.1, -0.05) is 24.4 Å². The van der Waals surface area contributed by atoms with Crippen molar-refractivity contribution in [2.24, 2.45) is 0 Å². The Labute approximate surface area is 117 Å². The number of nitrogens with zero attached hydrogens (tertiary/aromatic N) is 3. The van der Waals surface area contributed by atoms with E-state index in [9.17, 15) is 4.79 Å². The highest BCUT2D eigenvalue weighted by molar-refractivity contribution is 6.29. The maximum absolute atomic E-state index is 11.5. The number of rotatable bonds is 5. The number of halogens is 1. The fraction of sp³-hybridized carbons (Fsp3) is 0.615. The molecule has 2 rings (SSSR count). The van der Waals surface area contributed by atoms with Crippen LogP contribution in [0.3, 0.4) is 0 Å². The van der Waals surface area contributed by atoms with Crippen molar-refractivity contribution in [3.63, 3.8) is 0 Å². The molecule has 0 aromatic carbocycles. The van der Waals surface area contributed by atoms with Crippen molar-refractivity contribution in [2.75, 3.05) is 13.7 Å². The first-order chi connectivity index (χ1) is 9.19. The normalized spacial score (nSPS) is 15.9. The molecule has 0 unspecified atom stereocenters. The molecule has 0 spiro atoms. The Balaban J connectivity index is 2.03. The van der Waals surface area contributed by atoms with Crippen LogP contribution in [0, 0.1) is 0 Å². The van der Waals surface area contributed by atoms with E-state index in [0.29, 0.717) is 24.3 Å². The summed E-state index contributed by atoms with van der Waals surface area (Å²) in [4.78, 5) is 21.9. The van der Waals surface area contributed by atoms with Gasteiger partial charge in [-0.25, -0.2) is 4.98 Å². The number of aromatic nitrogens is 2. The standard InChI is InChI=1S/C13H18ClN3O2/c1-19-13(18)9-17(11-4-2-3-5-11)8-10-6-16-12(14)7-15-10/h6-7,11H,2-5,8-9H2,1H3. The summed E-state index contributed by atoms with van der Waals surface area (Å²) in [6.07, 6.45) is 7.86. The highest BCUT2D eigenvalue weighted by Crippen LogP contribution is 2.24. The topological polar surface area (TPSA) is 55.3 Å². The Morgan fingerprint density at radius 2 is 2.16 bits per heavy atom. The van der Waals surface area contributed by atoms with Crippen LogP contribution in [0.4, 0.5) is 0 Å². The molecule has 1 aliphatic rings. The molecule has 19 heavy (non-hydrogen) atoms. The van der Waals surface area contributed by atoms with E-state index < -0.39 is 0 Å². The minimum atomic E-state index is -0.214. The van der Waals surface area contributed by atoms with E-state index in [1.807, 2.05) is 0 Å². The first-order valence-electron chi connectivity index (χ1n) is 6.46. The zero-order valence-electron chi connectivity index (χ0n) is 11.0. The predicted octanol–water partition coefficient (Wildman–Crippen LogP) is 2.05. The summed E-state index contributed by atoms with van der Waals surface area (Å²) in [6, 6.07) is 0.427. The molecule has 1 saturated carbocycles. The Morgan fingerprint density at radius 3 is 2.74 bits per heavy atom. The largest absolute Gasteiger partial charge is 0.468 e. The molecule has 0 bridgehead atoms. The molecule has 0 atom stereocenters. The zero-order chi connectivity index (χ0) is 13.7. The van der Waals surface area contributed by atoms with Gasteiger partial charge in [0.05, 0.1) is 31.7 Å². The zero-order valence-corrected chi connectivity index (χ0v) is 11.8. The van der Waals surface area contributed by atoms with Crippen molar-refractivity contribution in [3.05, 3.63) is 23.2 Å². The number of hydrogen-bond donors (Lipinski definition) is 0. The summed E-state index contributed by atoms with van der Waals surface area (Å²) in [5.41, 5.74) is 0.820. The SMILES string of the molecule is COC(=O)CN(Cc1cnc(Cl)cn1)C1CCCC1. The van der Waals surface area contributed by atoms with Gasteiger partial charge in [0.1, 0.15) is 5.15 Å². The highest BCUT2D eigenvalue weighted by atomic mass is 35.5. The third-order valence-electron chi connectivity index (χ3n) is 3.44. The smallest absolute Gasteiger partial charge is 0.319 e. The first kappa shape index (κ1) is 14.2. The lowest BCUT2D eigenvalue weighted by molar-refractivity contribution is -0.142. The van der Waals surface area contributed by atoms with Crippen LogP contribution in [-0.2, 0) is 16.1 Å². The fourth-order valence-electron chi connectivity index (χ4n) is 2.44. The molecule has 1 aromatic rings. The number of esters is 1. The van der Waals surface area contributed by atoms with E-state index in [-0.39, 0.29) is 5.97 Å². The van der Waals surface area contributed by atoms with Gasteiger partial charge in [-0.3, -0.25) is 14.7 Å². The van der Waals surface area contributed by atoms with E-state index >= 15 is 0 Å². The van der Waals surface area contributed by atoms with Crippen molar-refractivity contribution < 1.29 is 9.53 Å². The van der Waals surface area contributed by atoms with Crippen molar-refractivity contribution in [3.8, 4) is 0 Å². The number of hydrogen-bond acceptors (Lipinski definition) is 5. The second-order valence-corrected chi connectivity index (χ2v) is 5.14. The summed E-state index contributed by atoms with van der Waals surface area (Å²) >= 11 is 5.72. The van der Waals surface area contributed by atoms with Gasteiger partial charge in [-0.2, -0.15) is 0 Å². The van der Waals surface area contributed by atoms with Gasteiger partial charge in [0.15, 0.2) is 0 Å². The van der Waals surface area contributed by atoms with Crippen molar-refractivity contribution in [2.45, 2.75) is 38.3 Å². The Hall–Kier alpha value is -1.20. The summed E-state index contributed by atoms with van der Waals surface area (Å²) in [6.45, 7) is 0.898. The molecule has 1 aromatic heterocycles. The Kier molecular flexibility index (Phi) is 5.10. The number of methoxy groups -OCH3 is 1. The first-order valence-corrected chi connectivity index (χ1v) is 6.84. The summed E-state index contributed by atoms with van der Waals surface area (Å²) in [5.74, 6) is -0.214. The molecule has 104 valence electrons. The molecule has 0 amide bonds. The van der Waals surface area contributed by atoms with Gasteiger partial charge in [0, 0.05) is 12.6 Å². The van der Waals surface area contributed by atoms with Gasteiger partial charge in [-0.15, -0.1) is 0 Å². The fourth-order valence-corrected chi connectivity index (χ4v) is 2.54.